The summed E-state index contributed by atoms with van der Waals surface area (Å²) in [4.78, 5) is 0. The maximum absolute atomic E-state index is 13.7. The number of hydrogen-bond acceptors (Lipinski definition) is 1. The van der Waals surface area contributed by atoms with Crippen molar-refractivity contribution in [3.63, 3.8) is 0 Å². The summed E-state index contributed by atoms with van der Waals surface area (Å²) >= 11 is 0. The third kappa shape index (κ3) is 2.64. The van der Waals surface area contributed by atoms with Crippen molar-refractivity contribution in [3.05, 3.63) is 65.2 Å². The van der Waals surface area contributed by atoms with E-state index in [-0.39, 0.29) is 5.69 Å². The Morgan fingerprint density at radius 1 is 0.739 bits per heavy atom. The van der Waals surface area contributed by atoms with Gasteiger partial charge in [0.2, 0.25) is 5.41 Å². The second-order valence-corrected chi connectivity index (χ2v) is 5.18. The van der Waals surface area contributed by atoms with E-state index < -0.39 is 28.9 Å². The summed E-state index contributed by atoms with van der Waals surface area (Å²) < 4.78 is 82.3. The van der Waals surface area contributed by atoms with Gasteiger partial charge >= 0.3 is 12.4 Å². The minimum Gasteiger partial charge on any atom is -0.399 e. The van der Waals surface area contributed by atoms with Crippen LogP contribution in [0.25, 0.3) is 0 Å². The number of halogens is 6. The van der Waals surface area contributed by atoms with E-state index in [4.69, 9.17) is 5.73 Å². The molecule has 0 fully saturated rings. The van der Waals surface area contributed by atoms with Crippen molar-refractivity contribution in [1.29, 1.82) is 0 Å². The number of hydrogen-bond donors (Lipinski definition) is 1. The number of benzene rings is 2. The molecule has 0 aliphatic rings. The number of nitrogens with two attached hydrogens (primary N) is 1. The molecule has 23 heavy (non-hydrogen) atoms. The zero-order valence-corrected chi connectivity index (χ0v) is 12.0. The third-order valence-corrected chi connectivity index (χ3v) is 3.77. The van der Waals surface area contributed by atoms with Crippen molar-refractivity contribution in [1.82, 2.24) is 0 Å². The van der Waals surface area contributed by atoms with Crippen LogP contribution in [-0.2, 0) is 5.41 Å². The Kier molecular flexibility index (Phi) is 4.09. The molecule has 0 saturated heterocycles. The van der Waals surface area contributed by atoms with Gasteiger partial charge in [0, 0.05) is 5.69 Å². The van der Waals surface area contributed by atoms with E-state index in [1.165, 1.54) is 13.0 Å². The van der Waals surface area contributed by atoms with Crippen molar-refractivity contribution in [3.8, 4) is 0 Å². The first kappa shape index (κ1) is 17.2. The molecule has 0 saturated carbocycles. The predicted octanol–water partition coefficient (Wildman–Crippen LogP) is 4.99. The molecule has 7 heteroatoms. The summed E-state index contributed by atoms with van der Waals surface area (Å²) in [6, 6.07) is 7.97. The lowest BCUT2D eigenvalue weighted by atomic mass is 9.72. The first-order valence-corrected chi connectivity index (χ1v) is 6.57. The van der Waals surface area contributed by atoms with Gasteiger partial charge in [-0.05, 0) is 29.7 Å². The van der Waals surface area contributed by atoms with Crippen molar-refractivity contribution in [2.75, 3.05) is 5.73 Å². The normalized spacial score (nSPS) is 13.2. The van der Waals surface area contributed by atoms with Crippen molar-refractivity contribution in [2.45, 2.75) is 24.7 Å². The van der Waals surface area contributed by atoms with E-state index >= 15 is 0 Å². The molecule has 0 unspecified atom stereocenters. The third-order valence-electron chi connectivity index (χ3n) is 3.77. The summed E-state index contributed by atoms with van der Waals surface area (Å²) in [5.74, 6) is 0. The molecule has 0 spiro atoms. The molecular weight excluding hydrogens is 320 g/mol. The van der Waals surface area contributed by atoms with Gasteiger partial charge in [0.05, 0.1) is 0 Å². The fourth-order valence-corrected chi connectivity index (χ4v) is 2.54. The molecule has 0 aromatic heterocycles. The van der Waals surface area contributed by atoms with Crippen LogP contribution in [0.1, 0.15) is 16.7 Å². The number of aryl methyl sites for hydroxylation is 1. The van der Waals surface area contributed by atoms with Crippen LogP contribution >= 0.6 is 0 Å². The quantitative estimate of drug-likeness (QED) is 0.608. The highest BCUT2D eigenvalue weighted by atomic mass is 19.4. The molecule has 2 aromatic carbocycles. The van der Waals surface area contributed by atoms with Crippen LogP contribution in [0, 0.1) is 6.92 Å². The molecule has 0 bridgehead atoms. The maximum Gasteiger partial charge on any atom is 0.411 e. The average molecular weight is 333 g/mol. The van der Waals surface area contributed by atoms with Crippen molar-refractivity contribution in [2.24, 2.45) is 0 Å². The molecule has 2 N–H and O–H groups in total. The molecule has 0 amide bonds. The molecular formula is C16H13F6N. The Morgan fingerprint density at radius 2 is 1.26 bits per heavy atom. The Labute approximate surface area is 128 Å². The Morgan fingerprint density at radius 3 is 1.70 bits per heavy atom. The van der Waals surface area contributed by atoms with Crippen molar-refractivity contribution < 1.29 is 26.3 Å². The minimum atomic E-state index is -5.59. The molecule has 0 aliphatic carbocycles. The topological polar surface area (TPSA) is 26.0 Å². The Bertz CT molecular complexity index is 674. The van der Waals surface area contributed by atoms with E-state index in [0.29, 0.717) is 5.56 Å². The van der Waals surface area contributed by atoms with E-state index in [9.17, 15) is 26.3 Å². The van der Waals surface area contributed by atoms with Crippen LogP contribution < -0.4 is 5.73 Å². The van der Waals surface area contributed by atoms with Gasteiger partial charge in [-0.1, -0.05) is 42.5 Å². The zero-order valence-electron chi connectivity index (χ0n) is 12.0. The minimum absolute atomic E-state index is 0.128. The van der Waals surface area contributed by atoms with Gasteiger partial charge in [-0.15, -0.1) is 0 Å². The fourth-order valence-electron chi connectivity index (χ4n) is 2.54. The summed E-state index contributed by atoms with van der Waals surface area (Å²) in [6.45, 7) is 1.50. The monoisotopic (exact) mass is 333 g/mol. The van der Waals surface area contributed by atoms with Crippen LogP contribution in [0.5, 0.6) is 0 Å². The van der Waals surface area contributed by atoms with Gasteiger partial charge in [0.25, 0.3) is 0 Å². The van der Waals surface area contributed by atoms with Gasteiger partial charge in [-0.3, -0.25) is 0 Å². The predicted molar refractivity (Wildman–Crippen MR) is 74.9 cm³/mol. The molecule has 0 radical (unpaired) electrons. The Balaban J connectivity index is 2.91. The fraction of sp³-hybridized carbons (Fsp3) is 0.250. The molecule has 2 aromatic rings. The van der Waals surface area contributed by atoms with Gasteiger partial charge < -0.3 is 5.73 Å². The van der Waals surface area contributed by atoms with Gasteiger partial charge in [-0.25, -0.2) is 0 Å². The number of alkyl halides is 6. The molecule has 0 heterocycles. The Hall–Kier alpha value is -2.18. The zero-order chi connectivity index (χ0) is 17.5. The summed E-state index contributed by atoms with van der Waals surface area (Å²) in [6.07, 6.45) is -11.2. The van der Waals surface area contributed by atoms with Gasteiger partial charge in [0.15, 0.2) is 0 Å². The van der Waals surface area contributed by atoms with E-state index in [1.54, 1.807) is 0 Å². The second-order valence-electron chi connectivity index (χ2n) is 5.18. The van der Waals surface area contributed by atoms with Crippen LogP contribution in [0.15, 0.2) is 48.5 Å². The average Bonchev–Trinajstić information content (AvgIpc) is 2.41. The van der Waals surface area contributed by atoms with Gasteiger partial charge in [-0.2, -0.15) is 26.3 Å². The van der Waals surface area contributed by atoms with E-state index in [1.807, 2.05) is 0 Å². The lowest BCUT2D eigenvalue weighted by Crippen LogP contribution is -2.54. The number of anilines is 1. The van der Waals surface area contributed by atoms with Crippen LogP contribution in [-0.4, -0.2) is 12.4 Å². The first-order chi connectivity index (χ1) is 10.5. The number of rotatable bonds is 2. The first-order valence-electron chi connectivity index (χ1n) is 6.57. The van der Waals surface area contributed by atoms with Crippen molar-refractivity contribution >= 4 is 5.69 Å². The molecule has 2 rings (SSSR count). The second kappa shape index (κ2) is 5.47. The van der Waals surface area contributed by atoms with Crippen LogP contribution in [0.4, 0.5) is 32.0 Å². The smallest absolute Gasteiger partial charge is 0.399 e. The lowest BCUT2D eigenvalue weighted by molar-refractivity contribution is -0.288. The largest absolute Gasteiger partial charge is 0.411 e. The highest BCUT2D eigenvalue weighted by Crippen LogP contribution is 2.56. The highest BCUT2D eigenvalue weighted by molar-refractivity contribution is 5.54. The molecule has 0 atom stereocenters. The highest BCUT2D eigenvalue weighted by Gasteiger charge is 2.72. The SMILES string of the molecule is Cc1ccc(C(c2ccccc2)(C(F)(F)F)C(F)(F)F)cc1N. The standard InChI is InChI=1S/C16H13F6N/c1-10-7-8-12(9-13(10)23)14(15(17,18)19,16(20,21)22)11-5-3-2-4-6-11/h2-9H,23H2,1H3. The van der Waals surface area contributed by atoms with Gasteiger partial charge in [0.1, 0.15) is 0 Å². The summed E-state index contributed by atoms with van der Waals surface area (Å²) in [5.41, 5.74) is -0.166. The van der Waals surface area contributed by atoms with E-state index in [0.717, 1.165) is 42.5 Å². The van der Waals surface area contributed by atoms with E-state index in [2.05, 4.69) is 0 Å². The molecule has 124 valence electrons. The van der Waals surface area contributed by atoms with Crippen LogP contribution in [0.3, 0.4) is 0 Å². The maximum atomic E-state index is 13.7. The lowest BCUT2D eigenvalue weighted by Gasteiger charge is -2.38. The summed E-state index contributed by atoms with van der Waals surface area (Å²) in [7, 11) is 0. The molecule has 0 aliphatic heterocycles. The number of nitrogen functional groups attached to an aromatic ring is 1. The summed E-state index contributed by atoms with van der Waals surface area (Å²) in [5, 5.41) is 0. The van der Waals surface area contributed by atoms with Crippen LogP contribution in [0.2, 0.25) is 0 Å². The molecule has 1 nitrogen and oxygen atoms in total.